The fourth-order valence-electron chi connectivity index (χ4n) is 1.86. The van der Waals surface area contributed by atoms with Gasteiger partial charge in [-0.25, -0.2) is 9.13 Å². The van der Waals surface area contributed by atoms with E-state index in [4.69, 9.17) is 0 Å². The lowest BCUT2D eigenvalue weighted by Crippen LogP contribution is -2.54. The molecule has 21 heavy (non-hydrogen) atoms. The van der Waals surface area contributed by atoms with Crippen LogP contribution in [-0.2, 0) is 9.13 Å². The minimum Gasteiger partial charge on any atom is -0.393 e. The lowest BCUT2D eigenvalue weighted by molar-refractivity contribution is -0.935. The molecule has 0 heterocycles. The van der Waals surface area contributed by atoms with Crippen molar-refractivity contribution in [2.75, 3.05) is 20.6 Å². The second kappa shape index (κ2) is 9.28. The molecule has 0 saturated carbocycles. The third kappa shape index (κ3) is 7.69. The zero-order valence-electron chi connectivity index (χ0n) is 13.0. The molecule has 0 saturated heterocycles. The average molecular weight is 320 g/mol. The Bertz CT molecular complexity index is 421. The van der Waals surface area contributed by atoms with Crippen LogP contribution in [0.15, 0.2) is 24.0 Å². The van der Waals surface area contributed by atoms with E-state index < -0.39 is 26.1 Å². The number of likely N-dealkylation sites (N-methyl/N-ethyl adjacent to an activating group) is 1. The van der Waals surface area contributed by atoms with Crippen LogP contribution in [0.1, 0.15) is 26.2 Å². The molecule has 3 atom stereocenters. The predicted molar refractivity (Wildman–Crippen MR) is 81.1 cm³/mol. The highest BCUT2D eigenvalue weighted by atomic mass is 31.1. The van der Waals surface area contributed by atoms with Gasteiger partial charge in [-0.1, -0.05) is 6.08 Å². The van der Waals surface area contributed by atoms with Gasteiger partial charge in [0.2, 0.25) is 6.23 Å². The minimum atomic E-state index is -2.67. The van der Waals surface area contributed by atoms with Gasteiger partial charge in [0.1, 0.15) is 12.6 Å². The second-order valence-corrected chi connectivity index (χ2v) is 6.90. The number of aliphatic hydroxyl groups is 3. The van der Waals surface area contributed by atoms with Crippen molar-refractivity contribution in [3.05, 3.63) is 24.0 Å². The van der Waals surface area contributed by atoms with Gasteiger partial charge in [0.15, 0.2) is 0 Å². The zero-order chi connectivity index (χ0) is 16.6. The molecule has 0 spiro atoms. The van der Waals surface area contributed by atoms with Gasteiger partial charge in [0.25, 0.3) is 0 Å². The lowest BCUT2D eigenvalue weighted by Gasteiger charge is -2.36. The summed E-state index contributed by atoms with van der Waals surface area (Å²) in [6.45, 7) is 5.39. The van der Waals surface area contributed by atoms with Crippen molar-refractivity contribution in [3.8, 4) is 0 Å². The topological polar surface area (TPSA) is 94.8 Å². The van der Waals surface area contributed by atoms with Gasteiger partial charge in [-0.3, -0.25) is 4.48 Å². The highest BCUT2D eigenvalue weighted by molar-refractivity contribution is 7.36. The number of allylic oxidation sites excluding steroid dienone is 2. The Balaban J connectivity index is 4.78. The summed E-state index contributed by atoms with van der Waals surface area (Å²) in [6, 6.07) is 0. The summed E-state index contributed by atoms with van der Waals surface area (Å²) in [5.74, 6) is 0. The number of hydrogen-bond donors (Lipinski definition) is 3. The van der Waals surface area contributed by atoms with Gasteiger partial charge in [-0.15, -0.1) is 6.58 Å². The maximum absolute atomic E-state index is 11.1. The molecule has 0 aromatic heterocycles. The quantitative estimate of drug-likeness (QED) is 0.246. The first-order valence-corrected chi connectivity index (χ1v) is 8.10. The van der Waals surface area contributed by atoms with E-state index in [1.165, 1.54) is 12.2 Å². The predicted octanol–water partition coefficient (Wildman–Crippen LogP) is 1.54. The monoisotopic (exact) mass is 320 g/mol. The van der Waals surface area contributed by atoms with E-state index in [0.717, 1.165) is 0 Å². The molecule has 0 fully saturated rings. The fourth-order valence-corrected chi connectivity index (χ4v) is 2.36. The number of aliphatic hydroxyl groups excluding tert-OH is 3. The summed E-state index contributed by atoms with van der Waals surface area (Å²) < 4.78 is 22.2. The molecule has 0 bridgehead atoms. The molecular formula is C14H27NO5P+. The van der Waals surface area contributed by atoms with Crippen LogP contribution in [0.2, 0.25) is 0 Å². The molecule has 3 unspecified atom stereocenters. The van der Waals surface area contributed by atoms with E-state index in [-0.39, 0.29) is 29.2 Å². The highest BCUT2D eigenvalue weighted by Crippen LogP contribution is 2.24. The molecule has 3 N–H and O–H groups in total. The van der Waals surface area contributed by atoms with Gasteiger partial charge in [0.05, 0.1) is 25.5 Å². The van der Waals surface area contributed by atoms with Crippen LogP contribution < -0.4 is 0 Å². The van der Waals surface area contributed by atoms with Gasteiger partial charge < -0.3 is 15.3 Å². The SMILES string of the molecule is C=CCC(=CC[N+](C)(C)C(O)C(O)CCC(C)O)P(=O)=O. The van der Waals surface area contributed by atoms with E-state index >= 15 is 0 Å². The van der Waals surface area contributed by atoms with E-state index in [2.05, 4.69) is 6.58 Å². The summed E-state index contributed by atoms with van der Waals surface area (Å²) in [5.41, 5.74) is 0. The molecule has 0 aromatic rings. The first-order chi connectivity index (χ1) is 9.61. The maximum Gasteiger partial charge on any atom is 0.344 e. The molecule has 0 aliphatic heterocycles. The van der Waals surface area contributed by atoms with Gasteiger partial charge in [-0.05, 0) is 25.8 Å². The van der Waals surface area contributed by atoms with Crippen LogP contribution in [0, 0.1) is 0 Å². The van der Waals surface area contributed by atoms with Crippen molar-refractivity contribution in [1.29, 1.82) is 0 Å². The molecule has 122 valence electrons. The normalized spacial score (nSPS) is 17.1. The molecule has 6 nitrogen and oxygen atoms in total. The first-order valence-electron chi connectivity index (χ1n) is 6.93. The third-order valence-corrected chi connectivity index (χ3v) is 4.16. The lowest BCUT2D eigenvalue weighted by atomic mass is 10.1. The molecule has 0 rings (SSSR count). The Kier molecular flexibility index (Phi) is 8.94. The number of quaternary nitrogens is 1. The van der Waals surface area contributed by atoms with Crippen LogP contribution in [0.4, 0.5) is 0 Å². The maximum atomic E-state index is 11.1. The summed E-state index contributed by atoms with van der Waals surface area (Å²) in [7, 11) is 0.739. The second-order valence-electron chi connectivity index (χ2n) is 5.81. The van der Waals surface area contributed by atoms with Gasteiger partial charge in [-0.2, -0.15) is 0 Å². The summed E-state index contributed by atoms with van der Waals surface area (Å²) in [6.07, 6.45) is 1.39. The van der Waals surface area contributed by atoms with E-state index in [1.807, 2.05) is 0 Å². The van der Waals surface area contributed by atoms with E-state index in [1.54, 1.807) is 21.0 Å². The Labute approximate surface area is 126 Å². The summed E-state index contributed by atoms with van der Waals surface area (Å²) in [5, 5.41) is 29.6. The van der Waals surface area contributed by atoms with Crippen LogP contribution >= 0.6 is 7.68 Å². The van der Waals surface area contributed by atoms with E-state index in [9.17, 15) is 24.4 Å². The van der Waals surface area contributed by atoms with Crippen LogP contribution in [-0.4, -0.2) is 58.9 Å². The van der Waals surface area contributed by atoms with Crippen molar-refractivity contribution in [2.45, 2.75) is 44.6 Å². The molecule has 7 heteroatoms. The van der Waals surface area contributed by atoms with Crippen molar-refractivity contribution in [2.24, 2.45) is 0 Å². The molecular weight excluding hydrogens is 293 g/mol. The van der Waals surface area contributed by atoms with Gasteiger partial charge in [0, 0.05) is 6.42 Å². The Morgan fingerprint density at radius 1 is 1.24 bits per heavy atom. The van der Waals surface area contributed by atoms with Crippen molar-refractivity contribution in [3.63, 3.8) is 0 Å². The third-order valence-electron chi connectivity index (χ3n) is 3.33. The van der Waals surface area contributed by atoms with E-state index in [0.29, 0.717) is 6.42 Å². The molecule has 0 radical (unpaired) electrons. The smallest absolute Gasteiger partial charge is 0.344 e. The Hall–Kier alpha value is -0.780. The zero-order valence-corrected chi connectivity index (χ0v) is 13.9. The molecule has 0 aliphatic carbocycles. The number of nitrogens with zero attached hydrogens (tertiary/aromatic N) is 1. The van der Waals surface area contributed by atoms with Crippen LogP contribution in [0.3, 0.4) is 0 Å². The molecule has 0 amide bonds. The summed E-state index contributed by atoms with van der Waals surface area (Å²) in [4.78, 5) is 0. The highest BCUT2D eigenvalue weighted by Gasteiger charge is 2.32. The average Bonchev–Trinajstić information content (AvgIpc) is 2.39. The minimum absolute atomic E-state index is 0.0325. The Morgan fingerprint density at radius 3 is 2.24 bits per heavy atom. The number of hydrogen-bond acceptors (Lipinski definition) is 5. The fraction of sp³-hybridized carbons (Fsp3) is 0.714. The number of rotatable bonds is 10. The first kappa shape index (κ1) is 20.2. The molecule has 0 aliphatic rings. The standard InChI is InChI=1S/C14H27NO5P/c1-5-6-12(21(19)20)9-10-15(3,4)14(18)13(17)8-7-11(2)16/h5,9,11,13-14,16-18H,1,6-8,10H2,2-4H3/q+1. The largest absolute Gasteiger partial charge is 0.393 e. The van der Waals surface area contributed by atoms with Crippen LogP contribution in [0.25, 0.3) is 0 Å². The van der Waals surface area contributed by atoms with Crippen molar-refractivity contribution in [1.82, 2.24) is 0 Å². The van der Waals surface area contributed by atoms with Crippen molar-refractivity contribution >= 4 is 7.68 Å². The van der Waals surface area contributed by atoms with Crippen molar-refractivity contribution < 1.29 is 28.9 Å². The summed E-state index contributed by atoms with van der Waals surface area (Å²) >= 11 is 0. The Morgan fingerprint density at radius 2 is 1.81 bits per heavy atom. The molecule has 0 aromatic carbocycles. The van der Waals surface area contributed by atoms with Gasteiger partial charge >= 0.3 is 7.68 Å². The van der Waals surface area contributed by atoms with Crippen LogP contribution in [0.5, 0.6) is 0 Å².